The number of rotatable bonds is 4. The predicted octanol–water partition coefficient (Wildman–Crippen LogP) is 3.84. The van der Waals surface area contributed by atoms with Gasteiger partial charge in [-0.25, -0.2) is 0 Å². The van der Waals surface area contributed by atoms with Crippen molar-refractivity contribution in [2.24, 2.45) is 7.05 Å². The van der Waals surface area contributed by atoms with E-state index in [2.05, 4.69) is 24.3 Å². The lowest BCUT2D eigenvalue weighted by molar-refractivity contribution is 0.102. The first-order valence-corrected chi connectivity index (χ1v) is 6.99. The minimum atomic E-state index is -0.299. The Morgan fingerprint density at radius 3 is 2.55 bits per heavy atom. The largest absolute Gasteiger partial charge is 0.321 e. The smallest absolute Gasteiger partial charge is 0.277 e. The first-order chi connectivity index (χ1) is 9.51. The third-order valence-electron chi connectivity index (χ3n) is 3.35. The summed E-state index contributed by atoms with van der Waals surface area (Å²) >= 11 is 5.95. The maximum Gasteiger partial charge on any atom is 0.277 e. The average molecular weight is 292 g/mol. The molecule has 0 saturated heterocycles. The van der Waals surface area contributed by atoms with E-state index < -0.39 is 0 Å². The number of benzene rings is 1. The molecule has 1 heterocycles. The Labute approximate surface area is 123 Å². The van der Waals surface area contributed by atoms with E-state index in [1.807, 2.05) is 24.3 Å². The molecule has 1 N–H and O–H groups in total. The van der Waals surface area contributed by atoms with Gasteiger partial charge < -0.3 is 5.32 Å². The molecule has 1 atom stereocenters. The van der Waals surface area contributed by atoms with Gasteiger partial charge in [0, 0.05) is 18.9 Å². The molecular formula is C15H18ClN3O. The van der Waals surface area contributed by atoms with Gasteiger partial charge in [-0.05, 0) is 30.0 Å². The highest BCUT2D eigenvalue weighted by molar-refractivity contribution is 6.34. The van der Waals surface area contributed by atoms with Gasteiger partial charge in [0.1, 0.15) is 0 Å². The van der Waals surface area contributed by atoms with E-state index >= 15 is 0 Å². The molecule has 0 aliphatic rings. The molecule has 1 aromatic carbocycles. The summed E-state index contributed by atoms with van der Waals surface area (Å²) in [5.41, 5.74) is 2.24. The Balaban J connectivity index is 2.10. The topological polar surface area (TPSA) is 46.9 Å². The molecule has 1 unspecified atom stereocenters. The second kappa shape index (κ2) is 6.09. The molecule has 1 aromatic heterocycles. The third kappa shape index (κ3) is 3.20. The Morgan fingerprint density at radius 1 is 1.40 bits per heavy atom. The zero-order chi connectivity index (χ0) is 14.7. The van der Waals surface area contributed by atoms with Crippen LogP contribution in [0.5, 0.6) is 0 Å². The number of anilines is 1. The summed E-state index contributed by atoms with van der Waals surface area (Å²) in [6, 6.07) is 7.86. The van der Waals surface area contributed by atoms with Crippen LogP contribution in [0.2, 0.25) is 5.02 Å². The van der Waals surface area contributed by atoms with E-state index in [9.17, 15) is 4.79 Å². The Bertz CT molecular complexity index is 604. The van der Waals surface area contributed by atoms with Gasteiger partial charge in [-0.1, -0.05) is 37.6 Å². The van der Waals surface area contributed by atoms with Crippen LogP contribution in [0.4, 0.5) is 5.69 Å². The van der Waals surface area contributed by atoms with Crippen molar-refractivity contribution in [2.75, 3.05) is 5.32 Å². The zero-order valence-electron chi connectivity index (χ0n) is 11.9. The highest BCUT2D eigenvalue weighted by Crippen LogP contribution is 2.21. The summed E-state index contributed by atoms with van der Waals surface area (Å²) in [6.45, 7) is 4.34. The molecule has 1 amide bonds. The number of amides is 1. The van der Waals surface area contributed by atoms with Gasteiger partial charge in [-0.2, -0.15) is 5.10 Å². The van der Waals surface area contributed by atoms with E-state index in [0.29, 0.717) is 10.9 Å². The molecule has 0 saturated carbocycles. The third-order valence-corrected chi connectivity index (χ3v) is 3.63. The second-order valence-electron chi connectivity index (χ2n) is 4.88. The molecule has 0 spiro atoms. The van der Waals surface area contributed by atoms with Crippen LogP contribution in [0.15, 0.2) is 30.5 Å². The maximum atomic E-state index is 12.1. The molecule has 5 heteroatoms. The molecular weight excluding hydrogens is 274 g/mol. The minimum Gasteiger partial charge on any atom is -0.321 e. The summed E-state index contributed by atoms with van der Waals surface area (Å²) < 4.78 is 1.52. The molecule has 106 valence electrons. The molecule has 0 aliphatic heterocycles. The van der Waals surface area contributed by atoms with Crippen LogP contribution in [0.3, 0.4) is 0 Å². The maximum absolute atomic E-state index is 12.1. The molecule has 20 heavy (non-hydrogen) atoms. The number of nitrogens with one attached hydrogen (secondary N) is 1. The van der Waals surface area contributed by atoms with Gasteiger partial charge in [0.25, 0.3) is 5.91 Å². The Kier molecular flexibility index (Phi) is 4.45. The quantitative estimate of drug-likeness (QED) is 0.930. The van der Waals surface area contributed by atoms with Crippen LogP contribution in [-0.4, -0.2) is 15.7 Å². The Hall–Kier alpha value is -1.81. The Morgan fingerprint density at radius 2 is 2.05 bits per heavy atom. The number of carbonyl (C=O) groups excluding carboxylic acids is 1. The van der Waals surface area contributed by atoms with Gasteiger partial charge in [-0.15, -0.1) is 0 Å². The lowest BCUT2D eigenvalue weighted by Crippen LogP contribution is -2.13. The summed E-state index contributed by atoms with van der Waals surface area (Å²) in [4.78, 5) is 12.1. The number of halogens is 1. The van der Waals surface area contributed by atoms with Gasteiger partial charge in [0.15, 0.2) is 5.69 Å². The molecule has 0 bridgehead atoms. The van der Waals surface area contributed by atoms with Gasteiger partial charge in [0.05, 0.1) is 5.02 Å². The fourth-order valence-corrected chi connectivity index (χ4v) is 2.20. The summed E-state index contributed by atoms with van der Waals surface area (Å²) in [7, 11) is 1.73. The lowest BCUT2D eigenvalue weighted by Gasteiger charge is -2.10. The zero-order valence-corrected chi connectivity index (χ0v) is 12.6. The molecule has 0 radical (unpaired) electrons. The molecule has 2 rings (SSSR count). The summed E-state index contributed by atoms with van der Waals surface area (Å²) in [6.07, 6.45) is 2.69. The summed E-state index contributed by atoms with van der Waals surface area (Å²) in [5.74, 6) is 0.219. The number of aryl methyl sites for hydroxylation is 1. The van der Waals surface area contributed by atoms with Gasteiger partial charge in [0.2, 0.25) is 0 Å². The highest BCUT2D eigenvalue weighted by Gasteiger charge is 2.14. The minimum absolute atomic E-state index is 0.236. The van der Waals surface area contributed by atoms with Crippen molar-refractivity contribution in [1.82, 2.24) is 9.78 Å². The van der Waals surface area contributed by atoms with E-state index in [1.54, 1.807) is 13.2 Å². The van der Waals surface area contributed by atoms with Crippen LogP contribution in [0.25, 0.3) is 0 Å². The van der Waals surface area contributed by atoms with Crippen molar-refractivity contribution < 1.29 is 4.79 Å². The van der Waals surface area contributed by atoms with Gasteiger partial charge in [-0.3, -0.25) is 9.48 Å². The van der Waals surface area contributed by atoms with Crippen LogP contribution in [0.1, 0.15) is 42.2 Å². The van der Waals surface area contributed by atoms with Crippen LogP contribution >= 0.6 is 11.6 Å². The monoisotopic (exact) mass is 291 g/mol. The van der Waals surface area contributed by atoms with E-state index in [1.165, 1.54) is 10.2 Å². The first-order valence-electron chi connectivity index (χ1n) is 6.61. The summed E-state index contributed by atoms with van der Waals surface area (Å²) in [5, 5.41) is 7.18. The van der Waals surface area contributed by atoms with Crippen molar-refractivity contribution >= 4 is 23.2 Å². The molecule has 4 nitrogen and oxygen atoms in total. The van der Waals surface area contributed by atoms with Crippen molar-refractivity contribution in [3.63, 3.8) is 0 Å². The average Bonchev–Trinajstić information content (AvgIpc) is 2.78. The number of hydrogen-bond acceptors (Lipinski definition) is 2. The SMILES string of the molecule is CCC(C)c1ccc(NC(=O)c2nn(C)cc2Cl)cc1. The fourth-order valence-electron chi connectivity index (χ4n) is 1.93. The van der Waals surface area contributed by atoms with E-state index in [-0.39, 0.29) is 11.6 Å². The van der Waals surface area contributed by atoms with Crippen molar-refractivity contribution in [2.45, 2.75) is 26.2 Å². The van der Waals surface area contributed by atoms with E-state index in [4.69, 9.17) is 11.6 Å². The van der Waals surface area contributed by atoms with Crippen LogP contribution in [-0.2, 0) is 7.05 Å². The molecule has 2 aromatic rings. The predicted molar refractivity (Wildman–Crippen MR) is 81.3 cm³/mol. The van der Waals surface area contributed by atoms with Crippen molar-refractivity contribution in [1.29, 1.82) is 0 Å². The molecule has 0 fully saturated rings. The van der Waals surface area contributed by atoms with Crippen LogP contribution < -0.4 is 5.32 Å². The number of carbonyl (C=O) groups is 1. The normalized spacial score (nSPS) is 12.2. The van der Waals surface area contributed by atoms with Crippen molar-refractivity contribution in [3.8, 4) is 0 Å². The second-order valence-corrected chi connectivity index (χ2v) is 5.29. The molecule has 0 aliphatic carbocycles. The highest BCUT2D eigenvalue weighted by atomic mass is 35.5. The van der Waals surface area contributed by atoms with Crippen LogP contribution in [0, 0.1) is 0 Å². The lowest BCUT2D eigenvalue weighted by atomic mass is 9.99. The number of aromatic nitrogens is 2. The number of hydrogen-bond donors (Lipinski definition) is 1. The number of nitrogens with zero attached hydrogens (tertiary/aromatic N) is 2. The standard InChI is InChI=1S/C15H18ClN3O/c1-4-10(2)11-5-7-12(8-6-11)17-15(20)14-13(16)9-19(3)18-14/h5-10H,4H2,1-3H3,(H,17,20). The van der Waals surface area contributed by atoms with Gasteiger partial charge >= 0.3 is 0 Å². The fraction of sp³-hybridized carbons (Fsp3) is 0.333. The first kappa shape index (κ1) is 14.6. The van der Waals surface area contributed by atoms with E-state index in [0.717, 1.165) is 12.1 Å². The van der Waals surface area contributed by atoms with Crippen molar-refractivity contribution in [3.05, 3.63) is 46.7 Å².